The normalized spacial score (nSPS) is 16.6. The van der Waals surface area contributed by atoms with E-state index in [0.717, 1.165) is 24.8 Å². The van der Waals surface area contributed by atoms with Crippen LogP contribution in [0, 0.1) is 0 Å². The summed E-state index contributed by atoms with van der Waals surface area (Å²) in [5.41, 5.74) is 2.72. The van der Waals surface area contributed by atoms with Gasteiger partial charge in [0.1, 0.15) is 0 Å². The van der Waals surface area contributed by atoms with E-state index < -0.39 is 6.04 Å². The van der Waals surface area contributed by atoms with Gasteiger partial charge in [-0.1, -0.05) is 37.3 Å². The summed E-state index contributed by atoms with van der Waals surface area (Å²) in [6.07, 6.45) is 11.0. The minimum atomic E-state index is -0.396. The third-order valence-corrected chi connectivity index (χ3v) is 4.06. The van der Waals surface area contributed by atoms with Crippen LogP contribution in [0.25, 0.3) is 0 Å². The first kappa shape index (κ1) is 18.1. The molecule has 0 aliphatic heterocycles. The molecule has 1 amide bonds. The molecule has 1 atom stereocenters. The fourth-order valence-electron chi connectivity index (χ4n) is 2.60. The van der Waals surface area contributed by atoms with Gasteiger partial charge in [0.2, 0.25) is 0 Å². The Morgan fingerprint density at radius 3 is 2.32 bits per heavy atom. The average Bonchev–Trinajstić information content (AvgIpc) is 2.41. The number of nitrogens with zero attached hydrogens (tertiary/aromatic N) is 1. The molecule has 0 spiro atoms. The summed E-state index contributed by atoms with van der Waals surface area (Å²) in [6.45, 7) is 10.9. The van der Waals surface area contributed by atoms with E-state index >= 15 is 0 Å². The second-order valence-electron chi connectivity index (χ2n) is 5.68. The van der Waals surface area contributed by atoms with Crippen LogP contribution < -0.4 is 0 Å². The summed E-state index contributed by atoms with van der Waals surface area (Å²) in [7, 11) is 0. The first-order valence-corrected chi connectivity index (χ1v) is 7.94. The van der Waals surface area contributed by atoms with Gasteiger partial charge in [-0.2, -0.15) is 0 Å². The number of hydrogen-bond donors (Lipinski definition) is 0. The van der Waals surface area contributed by atoms with Gasteiger partial charge in [-0.05, 0) is 52.0 Å². The van der Waals surface area contributed by atoms with E-state index in [2.05, 4.69) is 6.58 Å². The summed E-state index contributed by atoms with van der Waals surface area (Å²) in [5.74, 6) is -0.0904. The van der Waals surface area contributed by atoms with Gasteiger partial charge < -0.3 is 4.90 Å². The van der Waals surface area contributed by atoms with Gasteiger partial charge in [-0.25, -0.2) is 0 Å². The van der Waals surface area contributed by atoms with E-state index in [-0.39, 0.29) is 11.7 Å². The van der Waals surface area contributed by atoms with E-state index in [1.807, 2.05) is 33.0 Å². The second-order valence-corrected chi connectivity index (χ2v) is 5.68. The second kappa shape index (κ2) is 8.52. The minimum absolute atomic E-state index is 0.0211. The summed E-state index contributed by atoms with van der Waals surface area (Å²) >= 11 is 0. The van der Waals surface area contributed by atoms with Crippen molar-refractivity contribution < 1.29 is 9.59 Å². The van der Waals surface area contributed by atoms with Gasteiger partial charge in [0, 0.05) is 11.8 Å². The number of hydrogen-bond acceptors (Lipinski definition) is 2. The molecule has 1 aliphatic carbocycles. The highest BCUT2D eigenvalue weighted by Gasteiger charge is 2.28. The topological polar surface area (TPSA) is 37.4 Å². The van der Waals surface area contributed by atoms with E-state index in [0.29, 0.717) is 12.0 Å². The highest BCUT2D eigenvalue weighted by molar-refractivity contribution is 6.01. The molecule has 0 heterocycles. The zero-order chi connectivity index (χ0) is 16.7. The molecular formula is C19H27NO2. The summed E-state index contributed by atoms with van der Waals surface area (Å²) in [4.78, 5) is 26.5. The molecule has 1 fully saturated rings. The molecule has 22 heavy (non-hydrogen) atoms. The van der Waals surface area contributed by atoms with E-state index in [1.54, 1.807) is 24.0 Å². The van der Waals surface area contributed by atoms with Gasteiger partial charge in [0.15, 0.2) is 5.78 Å². The molecule has 120 valence electrons. The summed E-state index contributed by atoms with van der Waals surface area (Å²) in [6, 6.07) is -0.396. The molecule has 3 heteroatoms. The first-order chi connectivity index (χ1) is 10.5. The van der Waals surface area contributed by atoms with Crippen molar-refractivity contribution in [1.82, 2.24) is 4.90 Å². The maximum absolute atomic E-state index is 13.0. The van der Waals surface area contributed by atoms with Crippen LogP contribution in [0.5, 0.6) is 0 Å². The van der Waals surface area contributed by atoms with Crippen LogP contribution in [-0.4, -0.2) is 22.6 Å². The van der Waals surface area contributed by atoms with E-state index in [1.165, 1.54) is 5.57 Å². The lowest BCUT2D eigenvalue weighted by molar-refractivity contribution is -0.133. The Kier molecular flexibility index (Phi) is 7.03. The number of allylic oxidation sites excluding steroid dienone is 4. The number of carbonyl (C=O) groups is 2. The van der Waals surface area contributed by atoms with E-state index in [9.17, 15) is 9.59 Å². The third-order valence-electron chi connectivity index (χ3n) is 4.06. The zero-order valence-electron chi connectivity index (χ0n) is 14.2. The van der Waals surface area contributed by atoms with Crippen molar-refractivity contribution in [3.05, 3.63) is 47.7 Å². The Balaban J connectivity index is 3.19. The molecule has 0 saturated heterocycles. The van der Waals surface area contributed by atoms with Crippen molar-refractivity contribution in [1.29, 1.82) is 0 Å². The molecule has 0 aromatic rings. The molecule has 0 aromatic heterocycles. The van der Waals surface area contributed by atoms with Crippen LogP contribution in [0.2, 0.25) is 0 Å². The lowest BCUT2D eigenvalue weighted by atomic mass is 9.92. The van der Waals surface area contributed by atoms with Crippen LogP contribution >= 0.6 is 0 Å². The van der Waals surface area contributed by atoms with Crippen LogP contribution in [0.4, 0.5) is 0 Å². The smallest absolute Gasteiger partial charge is 0.258 e. The van der Waals surface area contributed by atoms with Gasteiger partial charge in [0.25, 0.3) is 5.91 Å². The standard InChI is InChI=1S/C19H27NO2/c1-6-10-14(4)17(7-2)19(22)20(13-16-11-9-12-16)18(8-3)15(5)21/h6-7,10,13,18H,1,8-9,11-12H2,2-5H3/b14-10-,17-7+. The first-order valence-electron chi connectivity index (χ1n) is 7.94. The Labute approximate surface area is 134 Å². The van der Waals surface area contributed by atoms with Crippen molar-refractivity contribution in [2.75, 3.05) is 0 Å². The van der Waals surface area contributed by atoms with Gasteiger partial charge in [0.05, 0.1) is 6.04 Å². The van der Waals surface area contributed by atoms with Crippen LogP contribution in [0.3, 0.4) is 0 Å². The Morgan fingerprint density at radius 1 is 1.32 bits per heavy atom. The van der Waals surface area contributed by atoms with Crippen LogP contribution in [-0.2, 0) is 9.59 Å². The van der Waals surface area contributed by atoms with Crippen molar-refractivity contribution >= 4 is 11.7 Å². The van der Waals surface area contributed by atoms with Gasteiger partial charge >= 0.3 is 0 Å². The number of carbonyl (C=O) groups excluding carboxylic acids is 2. The van der Waals surface area contributed by atoms with E-state index in [4.69, 9.17) is 0 Å². The average molecular weight is 301 g/mol. The Bertz CT molecular complexity index is 532. The van der Waals surface area contributed by atoms with Gasteiger partial charge in [-0.15, -0.1) is 0 Å². The lowest BCUT2D eigenvalue weighted by Crippen LogP contribution is -2.41. The predicted octanol–water partition coefficient (Wildman–Crippen LogP) is 4.33. The fraction of sp³-hybridized carbons (Fsp3) is 0.474. The highest BCUT2D eigenvalue weighted by Crippen LogP contribution is 2.28. The Hall–Kier alpha value is -1.90. The third kappa shape index (κ3) is 4.30. The molecular weight excluding hydrogens is 274 g/mol. The molecule has 1 saturated carbocycles. The molecule has 3 nitrogen and oxygen atoms in total. The Morgan fingerprint density at radius 2 is 1.95 bits per heavy atom. The quantitative estimate of drug-likeness (QED) is 0.518. The minimum Gasteiger partial charge on any atom is -0.305 e. The predicted molar refractivity (Wildman–Crippen MR) is 91.3 cm³/mol. The van der Waals surface area contributed by atoms with Crippen molar-refractivity contribution in [3.63, 3.8) is 0 Å². The highest BCUT2D eigenvalue weighted by atomic mass is 16.2. The zero-order valence-corrected chi connectivity index (χ0v) is 14.2. The molecule has 0 bridgehead atoms. The maximum atomic E-state index is 13.0. The molecule has 0 N–H and O–H groups in total. The largest absolute Gasteiger partial charge is 0.305 e. The monoisotopic (exact) mass is 301 g/mol. The fourth-order valence-corrected chi connectivity index (χ4v) is 2.60. The van der Waals surface area contributed by atoms with Gasteiger partial charge in [-0.3, -0.25) is 9.59 Å². The van der Waals surface area contributed by atoms with Crippen LogP contribution in [0.15, 0.2) is 47.7 Å². The molecule has 1 unspecified atom stereocenters. The van der Waals surface area contributed by atoms with Crippen LogP contribution in [0.1, 0.15) is 53.4 Å². The molecule has 0 radical (unpaired) electrons. The number of rotatable bonds is 7. The van der Waals surface area contributed by atoms with Crippen molar-refractivity contribution in [2.45, 2.75) is 59.4 Å². The SMILES string of the molecule is C=C/C=C(C)\C(=C/C)C(=O)N(C=C1CCC1)C(CC)C(C)=O. The number of amides is 1. The summed E-state index contributed by atoms with van der Waals surface area (Å²) in [5, 5.41) is 0. The number of Topliss-reactive ketones (excluding diaryl/α,β-unsaturated/α-hetero) is 1. The summed E-state index contributed by atoms with van der Waals surface area (Å²) < 4.78 is 0. The van der Waals surface area contributed by atoms with Crippen molar-refractivity contribution in [3.8, 4) is 0 Å². The molecule has 1 aliphatic rings. The lowest BCUT2D eigenvalue weighted by Gasteiger charge is -2.30. The number of ketones is 1. The van der Waals surface area contributed by atoms with Crippen molar-refractivity contribution in [2.24, 2.45) is 0 Å². The molecule has 1 rings (SSSR count). The maximum Gasteiger partial charge on any atom is 0.258 e. The molecule has 0 aromatic carbocycles.